The molecule has 5 heteroatoms. The molecule has 2 unspecified atom stereocenters. The number of hydrogen-bond donors (Lipinski definition) is 1. The summed E-state index contributed by atoms with van der Waals surface area (Å²) in [6.45, 7) is 10.1. The number of nitrogens with zero attached hydrogens (tertiary/aromatic N) is 1. The molecule has 0 aromatic carbocycles. The van der Waals surface area contributed by atoms with Gasteiger partial charge in [0.1, 0.15) is 0 Å². The summed E-state index contributed by atoms with van der Waals surface area (Å²) >= 11 is 0. The van der Waals surface area contributed by atoms with Crippen molar-refractivity contribution in [2.45, 2.75) is 45.1 Å². The van der Waals surface area contributed by atoms with E-state index in [2.05, 4.69) is 10.2 Å². The van der Waals surface area contributed by atoms with E-state index < -0.39 is 0 Å². The third-order valence-corrected chi connectivity index (χ3v) is 3.85. The molecule has 2 saturated heterocycles. The second-order valence-electron chi connectivity index (χ2n) is 5.24. The maximum absolute atomic E-state index is 5.91. The third kappa shape index (κ3) is 4.68. The molecule has 19 heavy (non-hydrogen) atoms. The van der Waals surface area contributed by atoms with Gasteiger partial charge in [-0.05, 0) is 33.2 Å². The van der Waals surface area contributed by atoms with E-state index in [4.69, 9.17) is 14.2 Å². The number of ether oxygens (including phenoxy) is 3. The molecule has 0 bridgehead atoms. The smallest absolute Gasteiger partial charge is 0.169 e. The van der Waals surface area contributed by atoms with E-state index in [0.29, 0.717) is 25.4 Å². The highest BCUT2D eigenvalue weighted by molar-refractivity contribution is 4.85. The molecule has 2 heterocycles. The Morgan fingerprint density at radius 1 is 1.32 bits per heavy atom. The molecule has 0 aliphatic carbocycles. The molecule has 5 nitrogen and oxygen atoms in total. The van der Waals surface area contributed by atoms with Gasteiger partial charge in [-0.25, -0.2) is 0 Å². The Bertz CT molecular complexity index is 247. The van der Waals surface area contributed by atoms with Gasteiger partial charge in [0.05, 0.1) is 12.7 Å². The first-order valence-corrected chi connectivity index (χ1v) is 7.63. The van der Waals surface area contributed by atoms with Crippen molar-refractivity contribution < 1.29 is 14.2 Å². The van der Waals surface area contributed by atoms with Crippen molar-refractivity contribution in [2.75, 3.05) is 46.0 Å². The van der Waals surface area contributed by atoms with E-state index >= 15 is 0 Å². The lowest BCUT2D eigenvalue weighted by Crippen LogP contribution is -2.50. The number of hydrogen-bond acceptors (Lipinski definition) is 5. The van der Waals surface area contributed by atoms with E-state index in [9.17, 15) is 0 Å². The van der Waals surface area contributed by atoms with Gasteiger partial charge in [-0.3, -0.25) is 4.90 Å². The Kier molecular flexibility index (Phi) is 6.53. The largest absolute Gasteiger partial charge is 0.374 e. The van der Waals surface area contributed by atoms with Gasteiger partial charge in [0.15, 0.2) is 6.29 Å². The predicted molar refractivity (Wildman–Crippen MR) is 74.2 cm³/mol. The molecule has 0 radical (unpaired) electrons. The molecular formula is C14H28N2O3. The highest BCUT2D eigenvalue weighted by atomic mass is 16.7. The van der Waals surface area contributed by atoms with Gasteiger partial charge in [0.2, 0.25) is 0 Å². The average Bonchev–Trinajstić information content (AvgIpc) is 2.86. The highest BCUT2D eigenvalue weighted by Gasteiger charge is 2.31. The summed E-state index contributed by atoms with van der Waals surface area (Å²) in [6, 6.07) is 0.677. The van der Waals surface area contributed by atoms with E-state index in [0.717, 1.165) is 26.2 Å². The molecule has 1 N–H and O–H groups in total. The minimum atomic E-state index is -0.141. The predicted octanol–water partition coefficient (Wildman–Crippen LogP) is 0.838. The number of nitrogens with one attached hydrogen (secondary N) is 1. The zero-order chi connectivity index (χ0) is 13.5. The first kappa shape index (κ1) is 15.2. The Morgan fingerprint density at radius 2 is 2.11 bits per heavy atom. The Morgan fingerprint density at radius 3 is 2.84 bits per heavy atom. The van der Waals surface area contributed by atoms with Gasteiger partial charge >= 0.3 is 0 Å². The molecule has 0 aromatic heterocycles. The average molecular weight is 272 g/mol. The van der Waals surface area contributed by atoms with Gasteiger partial charge in [0.25, 0.3) is 0 Å². The minimum Gasteiger partial charge on any atom is -0.374 e. The maximum Gasteiger partial charge on any atom is 0.169 e. The summed E-state index contributed by atoms with van der Waals surface area (Å²) in [5.74, 6) is 0. The lowest BCUT2D eigenvalue weighted by Gasteiger charge is -2.35. The fourth-order valence-corrected chi connectivity index (χ4v) is 2.91. The fraction of sp³-hybridized carbons (Fsp3) is 1.00. The van der Waals surface area contributed by atoms with Crippen LogP contribution in [-0.2, 0) is 14.2 Å². The number of morpholine rings is 1. The van der Waals surface area contributed by atoms with Crippen LogP contribution in [-0.4, -0.2) is 69.3 Å². The SMILES string of the molecule is CCOC(CNCC1CN2CCCC2CO1)OCC. The Hall–Kier alpha value is -0.200. The van der Waals surface area contributed by atoms with Crippen LogP contribution in [0.5, 0.6) is 0 Å². The highest BCUT2D eigenvalue weighted by Crippen LogP contribution is 2.22. The van der Waals surface area contributed by atoms with E-state index in [-0.39, 0.29) is 6.29 Å². The van der Waals surface area contributed by atoms with Crippen LogP contribution in [0.15, 0.2) is 0 Å². The molecule has 0 aromatic rings. The molecule has 2 aliphatic heterocycles. The first-order chi connectivity index (χ1) is 9.33. The topological polar surface area (TPSA) is 43.0 Å². The van der Waals surface area contributed by atoms with Crippen molar-refractivity contribution in [2.24, 2.45) is 0 Å². The molecule has 112 valence electrons. The Balaban J connectivity index is 1.62. The van der Waals surface area contributed by atoms with Crippen molar-refractivity contribution in [1.82, 2.24) is 10.2 Å². The van der Waals surface area contributed by atoms with Crippen LogP contribution in [0.4, 0.5) is 0 Å². The van der Waals surface area contributed by atoms with Gasteiger partial charge in [-0.1, -0.05) is 0 Å². The van der Waals surface area contributed by atoms with Crippen LogP contribution in [0.25, 0.3) is 0 Å². The number of fused-ring (bicyclic) bond motifs is 1. The zero-order valence-electron chi connectivity index (χ0n) is 12.3. The van der Waals surface area contributed by atoms with E-state index in [1.807, 2.05) is 13.8 Å². The first-order valence-electron chi connectivity index (χ1n) is 7.63. The van der Waals surface area contributed by atoms with Gasteiger partial charge in [-0.15, -0.1) is 0 Å². The van der Waals surface area contributed by atoms with Crippen molar-refractivity contribution in [3.05, 3.63) is 0 Å². The molecule has 2 aliphatic rings. The fourth-order valence-electron chi connectivity index (χ4n) is 2.91. The zero-order valence-corrected chi connectivity index (χ0v) is 12.3. The minimum absolute atomic E-state index is 0.141. The summed E-state index contributed by atoms with van der Waals surface area (Å²) in [4.78, 5) is 2.57. The number of rotatable bonds is 8. The molecular weight excluding hydrogens is 244 g/mol. The van der Waals surface area contributed by atoms with Crippen molar-refractivity contribution >= 4 is 0 Å². The monoisotopic (exact) mass is 272 g/mol. The van der Waals surface area contributed by atoms with Crippen LogP contribution < -0.4 is 5.32 Å². The van der Waals surface area contributed by atoms with Crippen molar-refractivity contribution in [3.63, 3.8) is 0 Å². The summed E-state index contributed by atoms with van der Waals surface area (Å²) in [5.41, 5.74) is 0. The van der Waals surface area contributed by atoms with Gasteiger partial charge < -0.3 is 19.5 Å². The van der Waals surface area contributed by atoms with Crippen LogP contribution in [0.1, 0.15) is 26.7 Å². The second-order valence-corrected chi connectivity index (χ2v) is 5.24. The second kappa shape index (κ2) is 8.17. The van der Waals surface area contributed by atoms with Gasteiger partial charge in [-0.2, -0.15) is 0 Å². The molecule has 0 spiro atoms. The van der Waals surface area contributed by atoms with Crippen molar-refractivity contribution in [3.8, 4) is 0 Å². The van der Waals surface area contributed by atoms with Crippen LogP contribution in [0.3, 0.4) is 0 Å². The molecule has 2 atom stereocenters. The molecule has 0 saturated carbocycles. The Labute approximate surface area is 116 Å². The molecule has 2 rings (SSSR count). The van der Waals surface area contributed by atoms with Crippen LogP contribution in [0.2, 0.25) is 0 Å². The lowest BCUT2D eigenvalue weighted by molar-refractivity contribution is -0.134. The summed E-state index contributed by atoms with van der Waals surface area (Å²) in [6.07, 6.45) is 2.79. The summed E-state index contributed by atoms with van der Waals surface area (Å²) < 4.78 is 16.9. The lowest BCUT2D eigenvalue weighted by atomic mass is 10.2. The van der Waals surface area contributed by atoms with Crippen LogP contribution >= 0.6 is 0 Å². The third-order valence-electron chi connectivity index (χ3n) is 3.85. The standard InChI is InChI=1S/C14H28N2O3/c1-3-17-14(18-4-2)9-15-8-13-10-16-7-5-6-12(16)11-19-13/h12-15H,3-11H2,1-2H3. The van der Waals surface area contributed by atoms with Crippen molar-refractivity contribution in [1.29, 1.82) is 0 Å². The summed E-state index contributed by atoms with van der Waals surface area (Å²) in [5, 5.41) is 3.40. The quantitative estimate of drug-likeness (QED) is 0.663. The van der Waals surface area contributed by atoms with Crippen LogP contribution in [0, 0.1) is 0 Å². The normalized spacial score (nSPS) is 27.9. The van der Waals surface area contributed by atoms with Gasteiger partial charge in [0, 0.05) is 38.9 Å². The molecule has 2 fully saturated rings. The summed E-state index contributed by atoms with van der Waals surface area (Å²) in [7, 11) is 0. The van der Waals surface area contributed by atoms with E-state index in [1.165, 1.54) is 19.4 Å². The molecule has 0 amide bonds. The van der Waals surface area contributed by atoms with E-state index in [1.54, 1.807) is 0 Å². The maximum atomic E-state index is 5.91.